The summed E-state index contributed by atoms with van der Waals surface area (Å²) in [6, 6.07) is 8.50. The Morgan fingerprint density at radius 1 is 0.706 bits per heavy atom. The topological polar surface area (TPSA) is 31.6 Å². The van der Waals surface area contributed by atoms with Crippen molar-refractivity contribution in [1.82, 2.24) is 0 Å². The molecule has 0 N–H and O–H groups in total. The first-order chi connectivity index (χ1) is 15.7. The van der Waals surface area contributed by atoms with Crippen molar-refractivity contribution < 1.29 is 13.0 Å². The summed E-state index contributed by atoms with van der Waals surface area (Å²) in [5, 5.41) is 0. The molecule has 0 aliphatic rings. The van der Waals surface area contributed by atoms with Crippen LogP contribution in [0.5, 0.6) is 11.5 Å². The normalized spacial score (nSPS) is 12.4. The Balaban J connectivity index is 2.51. The number of furan rings is 1. The van der Waals surface area contributed by atoms with Gasteiger partial charge in [0.2, 0.25) is 0 Å². The molecule has 0 fully saturated rings. The van der Waals surface area contributed by atoms with Crippen LogP contribution in [0.4, 0.5) is 0 Å². The quantitative estimate of drug-likeness (QED) is 0.348. The van der Waals surface area contributed by atoms with E-state index >= 15 is 0 Å². The fourth-order valence-corrected chi connectivity index (χ4v) is 4.92. The van der Waals surface area contributed by atoms with E-state index in [4.69, 9.17) is 36.7 Å². The van der Waals surface area contributed by atoms with Crippen molar-refractivity contribution in [1.29, 1.82) is 0 Å². The monoisotopic (exact) mass is 502 g/mol. The number of aryl methyl sites for hydroxylation is 3. The summed E-state index contributed by atoms with van der Waals surface area (Å²) in [5.41, 5.74) is 7.90. The molecule has 1 heterocycles. The molecule has 34 heavy (non-hydrogen) atoms. The predicted octanol–water partition coefficient (Wildman–Crippen LogP) is 9.35. The van der Waals surface area contributed by atoms with Crippen LogP contribution in [0.15, 0.2) is 34.9 Å². The first-order valence-electron chi connectivity index (χ1n) is 11.6. The molecule has 5 heteroatoms. The SMILES string of the molecule is Cc1cc(C(c2cc(C)cc(C(C)(C)C)c2OCl)c2occ(C)c2C)c(OCl)c(C(C)(C)C)c1. The van der Waals surface area contributed by atoms with Gasteiger partial charge in [-0.15, -0.1) is 0 Å². The second kappa shape index (κ2) is 9.51. The van der Waals surface area contributed by atoms with Crippen LogP contribution in [0.1, 0.15) is 97.7 Å². The zero-order valence-corrected chi connectivity index (χ0v) is 23.5. The molecule has 184 valence electrons. The van der Waals surface area contributed by atoms with E-state index in [1.165, 1.54) is 0 Å². The summed E-state index contributed by atoms with van der Waals surface area (Å²) in [6.07, 6.45) is 1.79. The molecule has 0 aliphatic carbocycles. The Bertz CT molecular complexity index is 1120. The minimum Gasteiger partial charge on any atom is -0.468 e. The Labute approximate surface area is 214 Å². The van der Waals surface area contributed by atoms with Crippen LogP contribution in [-0.2, 0) is 10.8 Å². The Kier molecular flexibility index (Phi) is 7.41. The Morgan fingerprint density at radius 2 is 1.12 bits per heavy atom. The van der Waals surface area contributed by atoms with Crippen molar-refractivity contribution in [2.45, 2.75) is 86.0 Å². The van der Waals surface area contributed by atoms with Gasteiger partial charge >= 0.3 is 0 Å². The summed E-state index contributed by atoms with van der Waals surface area (Å²) in [6.45, 7) is 21.2. The van der Waals surface area contributed by atoms with Crippen LogP contribution in [0.3, 0.4) is 0 Å². The molecular formula is C29H36Cl2O3. The average molecular weight is 504 g/mol. The third kappa shape index (κ3) is 4.97. The molecule has 1 aromatic heterocycles. The lowest BCUT2D eigenvalue weighted by molar-refractivity contribution is 0.480. The van der Waals surface area contributed by atoms with E-state index in [1.807, 2.05) is 6.92 Å². The molecule has 3 rings (SSSR count). The fourth-order valence-electron chi connectivity index (χ4n) is 4.58. The lowest BCUT2D eigenvalue weighted by Gasteiger charge is -2.29. The number of hydrogen-bond donors (Lipinski definition) is 0. The smallest absolute Gasteiger partial charge is 0.154 e. The largest absolute Gasteiger partial charge is 0.468 e. The summed E-state index contributed by atoms with van der Waals surface area (Å²) in [7, 11) is 0. The van der Waals surface area contributed by atoms with Crippen molar-refractivity contribution in [3.05, 3.63) is 80.8 Å². The summed E-state index contributed by atoms with van der Waals surface area (Å²) < 4.78 is 17.4. The Hall–Kier alpha value is -2.10. The third-order valence-electron chi connectivity index (χ3n) is 6.50. The van der Waals surface area contributed by atoms with Gasteiger partial charge in [0, 0.05) is 22.3 Å². The van der Waals surface area contributed by atoms with Crippen LogP contribution < -0.4 is 8.58 Å². The van der Waals surface area contributed by atoms with Gasteiger partial charge in [0.05, 0.1) is 12.2 Å². The molecule has 0 atom stereocenters. The highest BCUT2D eigenvalue weighted by atomic mass is 35.5. The lowest BCUT2D eigenvalue weighted by atomic mass is 9.77. The summed E-state index contributed by atoms with van der Waals surface area (Å²) >= 11 is 12.4. The van der Waals surface area contributed by atoms with Crippen LogP contribution in [0, 0.1) is 27.7 Å². The molecule has 3 aromatic rings. The van der Waals surface area contributed by atoms with Gasteiger partial charge in [0.15, 0.2) is 11.5 Å². The summed E-state index contributed by atoms with van der Waals surface area (Å²) in [4.78, 5) is 0. The molecule has 0 spiro atoms. The van der Waals surface area contributed by atoms with Gasteiger partial charge in [-0.3, -0.25) is 0 Å². The molecular weight excluding hydrogens is 467 g/mol. The van der Waals surface area contributed by atoms with Gasteiger partial charge in [-0.05, 0) is 49.7 Å². The van der Waals surface area contributed by atoms with Crippen LogP contribution in [0.25, 0.3) is 0 Å². The highest BCUT2D eigenvalue weighted by molar-refractivity contribution is 6.09. The number of hydrogen-bond acceptors (Lipinski definition) is 3. The van der Waals surface area contributed by atoms with Gasteiger partial charge in [-0.2, -0.15) is 0 Å². The van der Waals surface area contributed by atoms with E-state index < -0.39 is 0 Å². The van der Waals surface area contributed by atoms with E-state index in [0.717, 1.165) is 50.3 Å². The van der Waals surface area contributed by atoms with E-state index in [0.29, 0.717) is 11.5 Å². The molecule has 0 bridgehead atoms. The van der Waals surface area contributed by atoms with E-state index in [1.54, 1.807) is 6.26 Å². The zero-order valence-electron chi connectivity index (χ0n) is 21.9. The molecule has 0 amide bonds. The maximum Gasteiger partial charge on any atom is 0.154 e. The second-order valence-electron chi connectivity index (χ2n) is 11.5. The van der Waals surface area contributed by atoms with Gasteiger partial charge in [0.1, 0.15) is 29.5 Å². The first-order valence-corrected chi connectivity index (χ1v) is 12.2. The van der Waals surface area contributed by atoms with Crippen molar-refractivity contribution in [3.63, 3.8) is 0 Å². The van der Waals surface area contributed by atoms with Crippen LogP contribution in [0.2, 0.25) is 0 Å². The third-order valence-corrected chi connectivity index (χ3v) is 6.81. The van der Waals surface area contributed by atoms with Crippen molar-refractivity contribution in [3.8, 4) is 11.5 Å². The number of benzene rings is 2. The zero-order chi connectivity index (χ0) is 25.6. The maximum absolute atomic E-state index is 6.20. The standard InChI is InChI=1S/C29H36Cl2O3/c1-16-11-20(26(33-30)22(13-16)28(5,6)7)24(25-19(4)18(3)15-32-25)21-12-17(2)14-23(27(21)34-31)29(8,9)10/h11-15,24H,1-10H3. The molecule has 0 aliphatic heterocycles. The highest BCUT2D eigenvalue weighted by Crippen LogP contribution is 2.49. The molecule has 3 nitrogen and oxygen atoms in total. The minimum atomic E-state index is -0.335. The Morgan fingerprint density at radius 3 is 1.41 bits per heavy atom. The highest BCUT2D eigenvalue weighted by Gasteiger charge is 2.34. The molecule has 0 radical (unpaired) electrons. The van der Waals surface area contributed by atoms with Gasteiger partial charge in [0.25, 0.3) is 0 Å². The molecule has 0 saturated heterocycles. The van der Waals surface area contributed by atoms with Crippen LogP contribution >= 0.6 is 23.7 Å². The van der Waals surface area contributed by atoms with Crippen molar-refractivity contribution >= 4 is 23.7 Å². The van der Waals surface area contributed by atoms with Crippen molar-refractivity contribution in [2.24, 2.45) is 0 Å². The van der Waals surface area contributed by atoms with Gasteiger partial charge in [-0.25, -0.2) is 0 Å². The minimum absolute atomic E-state index is 0.182. The van der Waals surface area contributed by atoms with Crippen LogP contribution in [-0.4, -0.2) is 0 Å². The van der Waals surface area contributed by atoms with E-state index in [-0.39, 0.29) is 16.7 Å². The fraction of sp³-hybridized carbons (Fsp3) is 0.448. The molecule has 2 aromatic carbocycles. The maximum atomic E-state index is 6.20. The lowest BCUT2D eigenvalue weighted by Crippen LogP contribution is -2.17. The van der Waals surface area contributed by atoms with E-state index in [2.05, 4.69) is 86.6 Å². The predicted molar refractivity (Wildman–Crippen MR) is 142 cm³/mol. The first kappa shape index (κ1) is 26.5. The van der Waals surface area contributed by atoms with Gasteiger partial charge < -0.3 is 13.0 Å². The average Bonchev–Trinajstić information content (AvgIpc) is 3.05. The van der Waals surface area contributed by atoms with Gasteiger partial charge in [-0.1, -0.05) is 76.9 Å². The van der Waals surface area contributed by atoms with Crippen molar-refractivity contribution in [2.75, 3.05) is 0 Å². The molecule has 0 unspecified atom stereocenters. The van der Waals surface area contributed by atoms with E-state index in [9.17, 15) is 0 Å². The summed E-state index contributed by atoms with van der Waals surface area (Å²) in [5.74, 6) is 1.76. The second-order valence-corrected chi connectivity index (χ2v) is 11.8. The number of rotatable bonds is 5. The molecule has 0 saturated carbocycles. The number of halogens is 2.